The maximum absolute atomic E-state index is 11.9. The third kappa shape index (κ3) is 5.14. The molecule has 0 aliphatic rings. The van der Waals surface area contributed by atoms with Crippen LogP contribution in [0.2, 0.25) is 0 Å². The van der Waals surface area contributed by atoms with Gasteiger partial charge in [0.1, 0.15) is 0 Å². The van der Waals surface area contributed by atoms with Crippen LogP contribution in [0.25, 0.3) is 10.4 Å². The van der Waals surface area contributed by atoms with Gasteiger partial charge >= 0.3 is 5.97 Å². The number of hydrogen-bond acceptors (Lipinski definition) is 6. The number of nitrogens with zero attached hydrogens (tertiary/aromatic N) is 2. The topological polar surface area (TPSA) is 81.2 Å². The highest BCUT2D eigenvalue weighted by atomic mass is 32.1. The number of aryl methyl sites for hydroxylation is 1. The van der Waals surface area contributed by atoms with E-state index in [1.54, 1.807) is 19.3 Å². The maximum Gasteiger partial charge on any atom is 0.305 e. The number of ether oxygens (including phenoxy) is 1. The fourth-order valence-electron chi connectivity index (χ4n) is 2.03. The van der Waals surface area contributed by atoms with E-state index in [2.05, 4.69) is 15.3 Å². The first kappa shape index (κ1) is 17.1. The van der Waals surface area contributed by atoms with Gasteiger partial charge in [0.25, 0.3) is 0 Å². The summed E-state index contributed by atoms with van der Waals surface area (Å²) in [5.41, 5.74) is 1.89. The summed E-state index contributed by atoms with van der Waals surface area (Å²) >= 11 is 1.43. The molecule has 7 heteroatoms. The second kappa shape index (κ2) is 8.38. The molecular weight excluding hydrogens is 314 g/mol. The molecule has 0 radical (unpaired) electrons. The summed E-state index contributed by atoms with van der Waals surface area (Å²) in [6, 6.07) is 3.82. The van der Waals surface area contributed by atoms with Crippen LogP contribution >= 0.6 is 11.3 Å². The zero-order valence-corrected chi connectivity index (χ0v) is 14.0. The number of amides is 1. The Balaban J connectivity index is 1.89. The molecule has 0 aromatic carbocycles. The van der Waals surface area contributed by atoms with Crippen LogP contribution in [0.3, 0.4) is 0 Å². The minimum atomic E-state index is -0.273. The standard InChI is InChI=1S/C16H19N3O3S/c1-3-22-14(21)6-4-5-13(20)19-16-18-11(2)15(23-16)12-7-9-17-10-8-12/h7-10H,3-6H2,1-2H3,(H,18,19,20). The molecule has 0 bridgehead atoms. The van der Waals surface area contributed by atoms with E-state index >= 15 is 0 Å². The average molecular weight is 333 g/mol. The smallest absolute Gasteiger partial charge is 0.305 e. The van der Waals surface area contributed by atoms with Crippen LogP contribution in [0, 0.1) is 6.92 Å². The van der Waals surface area contributed by atoms with Crippen LogP contribution in [0.15, 0.2) is 24.5 Å². The fourth-order valence-corrected chi connectivity index (χ4v) is 3.02. The van der Waals surface area contributed by atoms with Crippen molar-refractivity contribution in [2.24, 2.45) is 0 Å². The summed E-state index contributed by atoms with van der Waals surface area (Å²) in [6.45, 7) is 4.03. The van der Waals surface area contributed by atoms with Gasteiger partial charge in [0.2, 0.25) is 5.91 Å². The third-order valence-electron chi connectivity index (χ3n) is 3.08. The zero-order valence-electron chi connectivity index (χ0n) is 13.2. The molecule has 0 aliphatic heterocycles. The molecule has 2 aromatic rings. The Bertz CT molecular complexity index is 670. The summed E-state index contributed by atoms with van der Waals surface area (Å²) in [4.78, 5) is 32.5. The Morgan fingerprint density at radius 3 is 2.70 bits per heavy atom. The second-order valence-electron chi connectivity index (χ2n) is 4.88. The van der Waals surface area contributed by atoms with Crippen molar-refractivity contribution < 1.29 is 14.3 Å². The molecule has 0 saturated carbocycles. The van der Waals surface area contributed by atoms with Crippen molar-refractivity contribution in [3.8, 4) is 10.4 Å². The van der Waals surface area contributed by atoms with Crippen LogP contribution in [0.1, 0.15) is 31.9 Å². The Labute approximate surface area is 138 Å². The van der Waals surface area contributed by atoms with Crippen molar-refractivity contribution >= 4 is 28.3 Å². The first-order valence-electron chi connectivity index (χ1n) is 7.43. The minimum absolute atomic E-state index is 0.149. The van der Waals surface area contributed by atoms with Crippen LogP contribution in [0.4, 0.5) is 5.13 Å². The van der Waals surface area contributed by atoms with Crippen molar-refractivity contribution in [3.63, 3.8) is 0 Å². The predicted octanol–water partition coefficient (Wildman–Crippen LogP) is 3.19. The molecule has 0 saturated heterocycles. The highest BCUT2D eigenvalue weighted by Crippen LogP contribution is 2.32. The summed E-state index contributed by atoms with van der Waals surface area (Å²) in [5.74, 6) is -0.422. The number of aromatic nitrogens is 2. The van der Waals surface area contributed by atoms with Gasteiger partial charge < -0.3 is 10.1 Å². The zero-order chi connectivity index (χ0) is 16.7. The number of anilines is 1. The number of esters is 1. The second-order valence-corrected chi connectivity index (χ2v) is 5.88. The van der Waals surface area contributed by atoms with Gasteiger partial charge in [-0.1, -0.05) is 11.3 Å². The Hall–Kier alpha value is -2.28. The number of nitrogens with one attached hydrogen (secondary N) is 1. The lowest BCUT2D eigenvalue weighted by Crippen LogP contribution is -2.12. The van der Waals surface area contributed by atoms with Crippen molar-refractivity contribution in [3.05, 3.63) is 30.2 Å². The van der Waals surface area contributed by atoms with Crippen LogP contribution in [-0.2, 0) is 14.3 Å². The van der Waals surface area contributed by atoms with Crippen LogP contribution in [-0.4, -0.2) is 28.5 Å². The molecule has 1 N–H and O–H groups in total. The van der Waals surface area contributed by atoms with E-state index in [9.17, 15) is 9.59 Å². The number of hydrogen-bond donors (Lipinski definition) is 1. The van der Waals surface area contributed by atoms with Crippen molar-refractivity contribution in [1.82, 2.24) is 9.97 Å². The number of rotatable bonds is 7. The van der Waals surface area contributed by atoms with Gasteiger partial charge in [-0.25, -0.2) is 4.98 Å². The van der Waals surface area contributed by atoms with E-state index in [-0.39, 0.29) is 24.7 Å². The molecule has 0 unspecified atom stereocenters. The number of pyridine rings is 1. The molecule has 2 aromatic heterocycles. The SMILES string of the molecule is CCOC(=O)CCCC(=O)Nc1nc(C)c(-c2ccncc2)s1. The van der Waals surface area contributed by atoms with Gasteiger partial charge in [0.05, 0.1) is 17.2 Å². The molecule has 0 spiro atoms. The molecular formula is C16H19N3O3S. The largest absolute Gasteiger partial charge is 0.466 e. The number of carbonyl (C=O) groups excluding carboxylic acids is 2. The molecule has 0 fully saturated rings. The van der Waals surface area contributed by atoms with E-state index in [1.807, 2.05) is 19.1 Å². The predicted molar refractivity (Wildman–Crippen MR) is 89.2 cm³/mol. The van der Waals surface area contributed by atoms with Crippen molar-refractivity contribution in [1.29, 1.82) is 0 Å². The highest BCUT2D eigenvalue weighted by molar-refractivity contribution is 7.19. The van der Waals surface area contributed by atoms with Crippen molar-refractivity contribution in [2.75, 3.05) is 11.9 Å². The van der Waals surface area contributed by atoms with E-state index in [1.165, 1.54) is 11.3 Å². The lowest BCUT2D eigenvalue weighted by Gasteiger charge is -2.02. The molecule has 0 atom stereocenters. The lowest BCUT2D eigenvalue weighted by atomic mass is 10.2. The molecule has 0 aliphatic carbocycles. The first-order chi connectivity index (χ1) is 11.1. The quantitative estimate of drug-likeness (QED) is 0.787. The number of thiazole rings is 1. The molecule has 1 amide bonds. The van der Waals surface area contributed by atoms with Gasteiger partial charge in [-0.3, -0.25) is 14.6 Å². The Morgan fingerprint density at radius 2 is 2.00 bits per heavy atom. The summed E-state index contributed by atoms with van der Waals surface area (Å²) in [5, 5.41) is 3.34. The molecule has 2 rings (SSSR count). The van der Waals surface area contributed by atoms with Gasteiger partial charge in [-0.05, 0) is 38.0 Å². The van der Waals surface area contributed by atoms with E-state index in [0.717, 1.165) is 16.1 Å². The molecule has 23 heavy (non-hydrogen) atoms. The monoisotopic (exact) mass is 333 g/mol. The molecule has 6 nitrogen and oxygen atoms in total. The normalized spacial score (nSPS) is 10.3. The first-order valence-corrected chi connectivity index (χ1v) is 8.25. The molecule has 2 heterocycles. The highest BCUT2D eigenvalue weighted by Gasteiger charge is 2.12. The van der Waals surface area contributed by atoms with Gasteiger partial charge in [-0.15, -0.1) is 0 Å². The van der Waals surface area contributed by atoms with E-state index in [0.29, 0.717) is 18.2 Å². The summed E-state index contributed by atoms with van der Waals surface area (Å²) < 4.78 is 4.82. The van der Waals surface area contributed by atoms with Gasteiger partial charge in [0, 0.05) is 25.2 Å². The molecule has 122 valence electrons. The minimum Gasteiger partial charge on any atom is -0.466 e. The van der Waals surface area contributed by atoms with Crippen molar-refractivity contribution in [2.45, 2.75) is 33.1 Å². The van der Waals surface area contributed by atoms with Crippen LogP contribution in [0.5, 0.6) is 0 Å². The summed E-state index contributed by atoms with van der Waals surface area (Å²) in [6.07, 6.45) is 4.43. The van der Waals surface area contributed by atoms with Gasteiger partial charge in [-0.2, -0.15) is 0 Å². The average Bonchev–Trinajstić information content (AvgIpc) is 2.89. The third-order valence-corrected chi connectivity index (χ3v) is 4.20. The van der Waals surface area contributed by atoms with E-state index in [4.69, 9.17) is 4.74 Å². The maximum atomic E-state index is 11.9. The van der Waals surface area contributed by atoms with Gasteiger partial charge in [0.15, 0.2) is 5.13 Å². The number of carbonyl (C=O) groups is 2. The summed E-state index contributed by atoms with van der Waals surface area (Å²) in [7, 11) is 0. The Morgan fingerprint density at radius 1 is 1.26 bits per heavy atom. The Kier molecular flexibility index (Phi) is 6.22. The fraction of sp³-hybridized carbons (Fsp3) is 0.375. The van der Waals surface area contributed by atoms with E-state index < -0.39 is 0 Å². The van der Waals surface area contributed by atoms with Crippen LogP contribution < -0.4 is 5.32 Å². The lowest BCUT2D eigenvalue weighted by molar-refractivity contribution is -0.143.